The standard InChI is InChI=1S/C9H14BrN3O2S/c1-3-4-12-9-8(16(14,15)11-2)5-7(10)6-13-9/h5-6,11H,3-4H2,1-2H3,(H,12,13). The number of anilines is 1. The van der Waals surface area contributed by atoms with Gasteiger partial charge >= 0.3 is 0 Å². The third-order valence-corrected chi connectivity index (χ3v) is 3.78. The number of rotatable bonds is 5. The molecule has 0 aliphatic rings. The summed E-state index contributed by atoms with van der Waals surface area (Å²) < 4.78 is 26.4. The lowest BCUT2D eigenvalue weighted by Crippen LogP contribution is -2.21. The molecule has 2 N–H and O–H groups in total. The predicted octanol–water partition coefficient (Wildman–Crippen LogP) is 1.57. The largest absolute Gasteiger partial charge is 0.369 e. The van der Waals surface area contributed by atoms with Crippen LogP contribution in [0, 0.1) is 0 Å². The second-order valence-electron chi connectivity index (χ2n) is 3.13. The summed E-state index contributed by atoms with van der Waals surface area (Å²) in [6.45, 7) is 2.68. The molecular formula is C9H14BrN3O2S. The van der Waals surface area contributed by atoms with Crippen LogP contribution < -0.4 is 10.0 Å². The molecule has 0 saturated carbocycles. The lowest BCUT2D eigenvalue weighted by atomic mass is 10.4. The fourth-order valence-corrected chi connectivity index (χ4v) is 2.48. The molecule has 0 unspecified atom stereocenters. The second-order valence-corrected chi connectivity index (χ2v) is 5.91. The third kappa shape index (κ3) is 3.16. The Bertz CT molecular complexity index is 462. The van der Waals surface area contributed by atoms with Gasteiger partial charge < -0.3 is 5.32 Å². The summed E-state index contributed by atoms with van der Waals surface area (Å²) in [6, 6.07) is 1.52. The van der Waals surface area contributed by atoms with Gasteiger partial charge in [0.1, 0.15) is 10.7 Å². The Morgan fingerprint density at radius 1 is 1.50 bits per heavy atom. The van der Waals surface area contributed by atoms with Crippen molar-refractivity contribution in [3.05, 3.63) is 16.7 Å². The third-order valence-electron chi connectivity index (χ3n) is 1.92. The van der Waals surface area contributed by atoms with E-state index in [0.717, 1.165) is 6.42 Å². The summed E-state index contributed by atoms with van der Waals surface area (Å²) in [5, 5.41) is 2.98. The molecule has 7 heteroatoms. The van der Waals surface area contributed by atoms with Gasteiger partial charge in [0.25, 0.3) is 0 Å². The SMILES string of the molecule is CCCNc1ncc(Br)cc1S(=O)(=O)NC. The predicted molar refractivity (Wildman–Crippen MR) is 67.0 cm³/mol. The summed E-state index contributed by atoms with van der Waals surface area (Å²) in [5.41, 5.74) is 0. The molecule has 1 aromatic rings. The van der Waals surface area contributed by atoms with Crippen molar-refractivity contribution in [3.8, 4) is 0 Å². The van der Waals surface area contributed by atoms with Crippen LogP contribution in [0.3, 0.4) is 0 Å². The highest BCUT2D eigenvalue weighted by Gasteiger charge is 2.17. The second kappa shape index (κ2) is 5.60. The van der Waals surface area contributed by atoms with Gasteiger partial charge in [-0.3, -0.25) is 0 Å². The number of aromatic nitrogens is 1. The van der Waals surface area contributed by atoms with Gasteiger partial charge in [0, 0.05) is 17.2 Å². The number of halogens is 1. The van der Waals surface area contributed by atoms with Gasteiger partial charge in [0.2, 0.25) is 10.0 Å². The molecular weight excluding hydrogens is 294 g/mol. The summed E-state index contributed by atoms with van der Waals surface area (Å²) in [7, 11) is -2.11. The Balaban J connectivity index is 3.18. The van der Waals surface area contributed by atoms with Crippen LogP contribution in [0.15, 0.2) is 21.6 Å². The van der Waals surface area contributed by atoms with Crippen LogP contribution in [-0.2, 0) is 10.0 Å². The highest BCUT2D eigenvalue weighted by molar-refractivity contribution is 9.10. The average Bonchev–Trinajstić information content (AvgIpc) is 2.27. The van der Waals surface area contributed by atoms with Gasteiger partial charge in [-0.1, -0.05) is 6.92 Å². The smallest absolute Gasteiger partial charge is 0.244 e. The maximum Gasteiger partial charge on any atom is 0.244 e. The van der Waals surface area contributed by atoms with E-state index in [-0.39, 0.29) is 4.90 Å². The first-order valence-corrected chi connectivity index (χ1v) is 7.12. The summed E-state index contributed by atoms with van der Waals surface area (Å²) in [6.07, 6.45) is 2.46. The zero-order valence-corrected chi connectivity index (χ0v) is 11.5. The molecule has 16 heavy (non-hydrogen) atoms. The van der Waals surface area contributed by atoms with Crippen LogP contribution >= 0.6 is 15.9 Å². The Labute approximate surface area is 104 Å². The minimum absolute atomic E-state index is 0.151. The van der Waals surface area contributed by atoms with Crippen LogP contribution in [0.25, 0.3) is 0 Å². The normalized spacial score (nSPS) is 11.4. The van der Waals surface area contributed by atoms with Gasteiger partial charge in [-0.15, -0.1) is 0 Å². The summed E-state index contributed by atoms with van der Waals surface area (Å²) in [5.74, 6) is 0.374. The van der Waals surface area contributed by atoms with Crippen LogP contribution in [0.1, 0.15) is 13.3 Å². The maximum absolute atomic E-state index is 11.7. The molecule has 0 radical (unpaired) electrons. The van der Waals surface area contributed by atoms with Crippen molar-refractivity contribution in [1.29, 1.82) is 0 Å². The molecule has 0 amide bonds. The molecule has 0 atom stereocenters. The first kappa shape index (κ1) is 13.4. The van der Waals surface area contributed by atoms with Crippen LogP contribution in [0.2, 0.25) is 0 Å². The number of hydrogen-bond acceptors (Lipinski definition) is 4. The van der Waals surface area contributed by atoms with E-state index in [1.54, 1.807) is 6.20 Å². The van der Waals surface area contributed by atoms with E-state index in [4.69, 9.17) is 0 Å². The van der Waals surface area contributed by atoms with Crippen molar-refractivity contribution >= 4 is 31.8 Å². The molecule has 0 spiro atoms. The van der Waals surface area contributed by atoms with Gasteiger partial charge in [-0.2, -0.15) is 0 Å². The van der Waals surface area contributed by atoms with E-state index in [1.807, 2.05) is 6.92 Å². The lowest BCUT2D eigenvalue weighted by Gasteiger charge is -2.10. The fourth-order valence-electron chi connectivity index (χ4n) is 1.11. The van der Waals surface area contributed by atoms with Crippen molar-refractivity contribution in [2.45, 2.75) is 18.2 Å². The van der Waals surface area contributed by atoms with E-state index in [9.17, 15) is 8.42 Å². The number of pyridine rings is 1. The Morgan fingerprint density at radius 2 is 2.19 bits per heavy atom. The van der Waals surface area contributed by atoms with Crippen molar-refractivity contribution in [1.82, 2.24) is 9.71 Å². The van der Waals surface area contributed by atoms with Crippen LogP contribution in [0.4, 0.5) is 5.82 Å². The topological polar surface area (TPSA) is 71.1 Å². The molecule has 90 valence electrons. The van der Waals surface area contributed by atoms with Crippen LogP contribution in [0.5, 0.6) is 0 Å². The van der Waals surface area contributed by atoms with E-state index >= 15 is 0 Å². The molecule has 5 nitrogen and oxygen atoms in total. The van der Waals surface area contributed by atoms with Crippen molar-refractivity contribution < 1.29 is 8.42 Å². The van der Waals surface area contributed by atoms with Crippen molar-refractivity contribution in [2.75, 3.05) is 18.9 Å². The van der Waals surface area contributed by atoms with Gasteiger partial charge in [-0.25, -0.2) is 18.1 Å². The van der Waals surface area contributed by atoms with E-state index in [0.29, 0.717) is 16.8 Å². The van der Waals surface area contributed by atoms with E-state index in [1.165, 1.54) is 13.1 Å². The molecule has 0 aliphatic carbocycles. The molecule has 0 bridgehead atoms. The fraction of sp³-hybridized carbons (Fsp3) is 0.444. The quantitative estimate of drug-likeness (QED) is 0.866. The van der Waals surface area contributed by atoms with Crippen molar-refractivity contribution in [2.24, 2.45) is 0 Å². The zero-order valence-electron chi connectivity index (χ0n) is 9.12. The zero-order chi connectivity index (χ0) is 12.2. The van der Waals surface area contributed by atoms with Crippen molar-refractivity contribution in [3.63, 3.8) is 0 Å². The number of sulfonamides is 1. The van der Waals surface area contributed by atoms with Gasteiger partial charge in [0.15, 0.2) is 0 Å². The van der Waals surface area contributed by atoms with Gasteiger partial charge in [0.05, 0.1) is 0 Å². The Kier molecular flexibility index (Phi) is 4.69. The van der Waals surface area contributed by atoms with Gasteiger partial charge in [-0.05, 0) is 35.5 Å². The monoisotopic (exact) mass is 307 g/mol. The van der Waals surface area contributed by atoms with E-state index in [2.05, 4.69) is 31.0 Å². The lowest BCUT2D eigenvalue weighted by molar-refractivity contribution is 0.588. The highest BCUT2D eigenvalue weighted by atomic mass is 79.9. The molecule has 1 aromatic heterocycles. The molecule has 0 aliphatic heterocycles. The number of hydrogen-bond donors (Lipinski definition) is 2. The first-order valence-electron chi connectivity index (χ1n) is 4.84. The Hall–Kier alpha value is -0.660. The first-order chi connectivity index (χ1) is 7.51. The highest BCUT2D eigenvalue weighted by Crippen LogP contribution is 2.22. The Morgan fingerprint density at radius 3 is 2.75 bits per heavy atom. The minimum atomic E-state index is -3.49. The van der Waals surface area contributed by atoms with Crippen LogP contribution in [-0.4, -0.2) is 27.0 Å². The molecule has 1 rings (SSSR count). The molecule has 0 saturated heterocycles. The maximum atomic E-state index is 11.7. The average molecular weight is 308 g/mol. The number of nitrogens with one attached hydrogen (secondary N) is 2. The molecule has 1 heterocycles. The number of nitrogens with zero attached hydrogens (tertiary/aromatic N) is 1. The summed E-state index contributed by atoms with van der Waals surface area (Å²) in [4.78, 5) is 4.20. The molecule has 0 fully saturated rings. The minimum Gasteiger partial charge on any atom is -0.369 e. The summed E-state index contributed by atoms with van der Waals surface area (Å²) >= 11 is 3.20. The molecule has 0 aromatic carbocycles. The van der Waals surface area contributed by atoms with E-state index < -0.39 is 10.0 Å².